The summed E-state index contributed by atoms with van der Waals surface area (Å²) in [4.78, 5) is 1.12. The molecule has 20 heavy (non-hydrogen) atoms. The summed E-state index contributed by atoms with van der Waals surface area (Å²) < 4.78 is 8.39. The van der Waals surface area contributed by atoms with Gasteiger partial charge in [-0.1, -0.05) is 11.6 Å². The van der Waals surface area contributed by atoms with E-state index in [4.69, 9.17) is 21.8 Å². The van der Waals surface area contributed by atoms with Gasteiger partial charge in [-0.25, -0.2) is 0 Å². The Balaban J connectivity index is 1.79. The molecule has 3 heterocycles. The first-order chi connectivity index (χ1) is 9.70. The molecule has 0 aliphatic rings. The maximum absolute atomic E-state index is 6.33. The Morgan fingerprint density at radius 1 is 1.10 bits per heavy atom. The summed E-state index contributed by atoms with van der Waals surface area (Å²) in [5.74, 6) is 0.774. The Labute approximate surface area is 128 Å². The van der Waals surface area contributed by atoms with Crippen molar-refractivity contribution in [2.75, 3.05) is 0 Å². The first-order valence-corrected chi connectivity index (χ1v) is 8.19. The minimum Gasteiger partial charge on any atom is -0.459 e. The molecule has 2 nitrogen and oxygen atoms in total. The predicted molar refractivity (Wildman–Crippen MR) is 87.0 cm³/mol. The van der Waals surface area contributed by atoms with Crippen molar-refractivity contribution >= 4 is 54.6 Å². The number of hydrogen-bond donors (Lipinski definition) is 1. The van der Waals surface area contributed by atoms with Crippen LogP contribution in [-0.4, -0.2) is 0 Å². The van der Waals surface area contributed by atoms with E-state index < -0.39 is 0 Å². The van der Waals surface area contributed by atoms with E-state index in [0.717, 1.165) is 21.6 Å². The maximum Gasteiger partial charge on any atom is 0.134 e. The highest BCUT2D eigenvalue weighted by atomic mass is 35.5. The van der Waals surface area contributed by atoms with Crippen molar-refractivity contribution in [3.05, 3.63) is 57.4 Å². The number of nitrogens with two attached hydrogens (primary N) is 1. The Hall–Kier alpha value is -1.33. The summed E-state index contributed by atoms with van der Waals surface area (Å²) in [6.07, 6.45) is 0. The second-order valence-corrected chi connectivity index (χ2v) is 7.11. The van der Waals surface area contributed by atoms with Gasteiger partial charge in [-0.2, -0.15) is 0 Å². The van der Waals surface area contributed by atoms with Crippen LogP contribution in [0.5, 0.6) is 0 Å². The zero-order valence-corrected chi connectivity index (χ0v) is 12.7. The smallest absolute Gasteiger partial charge is 0.134 e. The lowest BCUT2D eigenvalue weighted by molar-refractivity contribution is 0.528. The Kier molecular flexibility index (Phi) is 2.86. The summed E-state index contributed by atoms with van der Waals surface area (Å²) in [6.45, 7) is 0. The van der Waals surface area contributed by atoms with Crippen LogP contribution in [0.2, 0.25) is 5.02 Å². The average Bonchev–Trinajstić information content (AvgIpc) is 3.10. The molecule has 0 fully saturated rings. The zero-order valence-electron chi connectivity index (χ0n) is 10.3. The molecule has 3 aromatic heterocycles. The fourth-order valence-electron chi connectivity index (χ4n) is 2.27. The minimum absolute atomic E-state index is 0.231. The van der Waals surface area contributed by atoms with Crippen molar-refractivity contribution in [2.24, 2.45) is 5.73 Å². The second kappa shape index (κ2) is 4.60. The summed E-state index contributed by atoms with van der Waals surface area (Å²) >= 11 is 9.45. The van der Waals surface area contributed by atoms with E-state index in [2.05, 4.69) is 17.5 Å². The van der Waals surface area contributed by atoms with Crippen molar-refractivity contribution in [1.29, 1.82) is 0 Å². The van der Waals surface area contributed by atoms with Crippen LogP contribution in [0.25, 0.3) is 20.4 Å². The van der Waals surface area contributed by atoms with Crippen LogP contribution >= 0.6 is 34.3 Å². The number of hydrogen-bond acceptors (Lipinski definition) is 4. The quantitative estimate of drug-likeness (QED) is 0.536. The van der Waals surface area contributed by atoms with Crippen LogP contribution in [0.1, 0.15) is 16.7 Å². The second-order valence-electron chi connectivity index (χ2n) is 4.61. The number of rotatable bonds is 2. The van der Waals surface area contributed by atoms with E-state index in [1.165, 1.54) is 9.40 Å². The average molecular weight is 320 g/mol. The van der Waals surface area contributed by atoms with E-state index >= 15 is 0 Å². The fourth-order valence-corrected chi connectivity index (χ4v) is 4.58. The van der Waals surface area contributed by atoms with Crippen LogP contribution in [0.15, 0.2) is 46.2 Å². The standard InChI is InChI=1S/C15H10ClNOS2/c16-9-1-2-10-8(5-9)6-11(18-10)15(17)14-7-13-12(20-14)3-4-19-13/h1-7,15H,17H2. The maximum atomic E-state index is 6.33. The molecule has 0 radical (unpaired) electrons. The van der Waals surface area contributed by atoms with Gasteiger partial charge in [-0.3, -0.25) is 0 Å². The number of fused-ring (bicyclic) bond motifs is 2. The third kappa shape index (κ3) is 1.96. The molecule has 0 aliphatic heterocycles. The Morgan fingerprint density at radius 3 is 2.85 bits per heavy atom. The predicted octanol–water partition coefficient (Wildman–Crippen LogP) is 5.41. The molecule has 0 bridgehead atoms. The van der Waals surface area contributed by atoms with Crippen molar-refractivity contribution in [3.63, 3.8) is 0 Å². The zero-order chi connectivity index (χ0) is 13.7. The molecule has 5 heteroatoms. The lowest BCUT2D eigenvalue weighted by atomic mass is 10.2. The topological polar surface area (TPSA) is 39.2 Å². The highest BCUT2D eigenvalue weighted by molar-refractivity contribution is 7.27. The number of thiophene rings is 2. The van der Waals surface area contributed by atoms with Crippen molar-refractivity contribution in [1.82, 2.24) is 0 Å². The van der Waals surface area contributed by atoms with E-state index in [9.17, 15) is 0 Å². The monoisotopic (exact) mass is 319 g/mol. The highest BCUT2D eigenvalue weighted by Crippen LogP contribution is 2.36. The van der Waals surface area contributed by atoms with E-state index in [1.54, 1.807) is 22.7 Å². The van der Waals surface area contributed by atoms with Crippen LogP contribution in [-0.2, 0) is 0 Å². The van der Waals surface area contributed by atoms with Crippen LogP contribution in [0.3, 0.4) is 0 Å². The third-order valence-corrected chi connectivity index (χ3v) is 5.68. The minimum atomic E-state index is -0.231. The Bertz CT molecular complexity index is 876. The van der Waals surface area contributed by atoms with E-state index in [1.807, 2.05) is 24.3 Å². The molecule has 1 aromatic carbocycles. The van der Waals surface area contributed by atoms with Gasteiger partial charge < -0.3 is 10.2 Å². The van der Waals surface area contributed by atoms with Crippen LogP contribution in [0.4, 0.5) is 0 Å². The summed E-state index contributed by atoms with van der Waals surface area (Å²) in [5, 5.41) is 3.79. The van der Waals surface area contributed by atoms with Crippen LogP contribution < -0.4 is 5.73 Å². The molecule has 4 rings (SSSR count). The van der Waals surface area contributed by atoms with Gasteiger partial charge in [0.15, 0.2) is 0 Å². The van der Waals surface area contributed by atoms with Gasteiger partial charge >= 0.3 is 0 Å². The van der Waals surface area contributed by atoms with Gasteiger partial charge in [-0.05, 0) is 41.8 Å². The molecule has 0 saturated carbocycles. The number of furan rings is 1. The molecular formula is C15H10ClNOS2. The van der Waals surface area contributed by atoms with E-state index in [0.29, 0.717) is 5.02 Å². The first kappa shape index (κ1) is 12.4. The van der Waals surface area contributed by atoms with Gasteiger partial charge in [0.1, 0.15) is 11.3 Å². The normalized spacial score (nSPS) is 13.3. The van der Waals surface area contributed by atoms with Crippen molar-refractivity contribution in [2.45, 2.75) is 6.04 Å². The lowest BCUT2D eigenvalue weighted by Crippen LogP contribution is -2.08. The van der Waals surface area contributed by atoms with E-state index in [-0.39, 0.29) is 6.04 Å². The SMILES string of the molecule is NC(c1cc2cc(Cl)ccc2o1)c1cc2sccc2s1. The Morgan fingerprint density at radius 2 is 2.00 bits per heavy atom. The molecule has 0 aliphatic carbocycles. The third-order valence-electron chi connectivity index (χ3n) is 3.27. The molecule has 0 amide bonds. The molecule has 4 aromatic rings. The lowest BCUT2D eigenvalue weighted by Gasteiger charge is -2.04. The summed E-state index contributed by atoms with van der Waals surface area (Å²) in [5.41, 5.74) is 7.15. The van der Waals surface area contributed by atoms with Gasteiger partial charge in [-0.15, -0.1) is 22.7 Å². The number of benzene rings is 1. The fraction of sp³-hybridized carbons (Fsp3) is 0.0667. The van der Waals surface area contributed by atoms with Gasteiger partial charge in [0.05, 0.1) is 6.04 Å². The molecule has 2 N–H and O–H groups in total. The molecule has 1 unspecified atom stereocenters. The van der Waals surface area contributed by atoms with Crippen molar-refractivity contribution < 1.29 is 4.42 Å². The first-order valence-electron chi connectivity index (χ1n) is 6.12. The van der Waals surface area contributed by atoms with Gasteiger partial charge in [0.25, 0.3) is 0 Å². The molecule has 1 atom stereocenters. The summed E-state index contributed by atoms with van der Waals surface area (Å²) in [7, 11) is 0. The van der Waals surface area contributed by atoms with Crippen LogP contribution in [0, 0.1) is 0 Å². The number of halogens is 1. The molecule has 0 spiro atoms. The van der Waals surface area contributed by atoms with Crippen molar-refractivity contribution in [3.8, 4) is 0 Å². The molecule has 0 saturated heterocycles. The molecular weight excluding hydrogens is 310 g/mol. The van der Waals surface area contributed by atoms with Gasteiger partial charge in [0, 0.05) is 24.7 Å². The molecule has 100 valence electrons. The highest BCUT2D eigenvalue weighted by Gasteiger charge is 2.17. The largest absolute Gasteiger partial charge is 0.459 e. The summed E-state index contributed by atoms with van der Waals surface area (Å²) in [6, 6.07) is 11.6. The van der Waals surface area contributed by atoms with Gasteiger partial charge in [0.2, 0.25) is 0 Å².